The summed E-state index contributed by atoms with van der Waals surface area (Å²) in [5.41, 5.74) is -2.78. The summed E-state index contributed by atoms with van der Waals surface area (Å²) in [5.74, 6) is 1.75. The number of allylic oxidation sites excluding steroid dienone is 1. The molecule has 11 nitrogen and oxygen atoms in total. The summed E-state index contributed by atoms with van der Waals surface area (Å²) in [6, 6.07) is 5.80. The first kappa shape index (κ1) is 47.9. The second-order valence-corrected chi connectivity index (χ2v) is 14.5. The smallest absolute Gasteiger partial charge is 0.339 e. The molecule has 0 spiro atoms. The molecule has 2 N–H and O–H groups in total. The van der Waals surface area contributed by atoms with Gasteiger partial charge in [0.2, 0.25) is 5.91 Å². The molecule has 0 bridgehead atoms. The van der Waals surface area contributed by atoms with Crippen LogP contribution in [0.2, 0.25) is 0 Å². The van der Waals surface area contributed by atoms with Gasteiger partial charge in [0.15, 0.2) is 5.60 Å². The molecule has 11 heteroatoms. The van der Waals surface area contributed by atoms with Gasteiger partial charge in [-0.3, -0.25) is 14.4 Å². The predicted octanol–water partition coefficient (Wildman–Crippen LogP) is 7.15. The van der Waals surface area contributed by atoms with E-state index in [9.17, 15) is 29.1 Å². The molecule has 0 aromatic heterocycles. The molecule has 1 rings (SSSR count). The Morgan fingerprint density at radius 3 is 2.09 bits per heavy atom. The van der Waals surface area contributed by atoms with Crippen LogP contribution < -0.4 is 10.1 Å². The maximum Gasteiger partial charge on any atom is 0.339 e. The molecule has 302 valence electrons. The van der Waals surface area contributed by atoms with E-state index in [0.717, 1.165) is 38.5 Å². The van der Waals surface area contributed by atoms with Gasteiger partial charge in [0.1, 0.15) is 29.8 Å². The molecule has 0 unspecified atom stereocenters. The van der Waals surface area contributed by atoms with Crippen molar-refractivity contribution in [3.05, 3.63) is 42.0 Å². The third kappa shape index (κ3) is 20.3. The fourth-order valence-electron chi connectivity index (χ4n) is 5.63. The molecule has 0 aliphatic heterocycles. The highest BCUT2D eigenvalue weighted by molar-refractivity contribution is 5.93. The van der Waals surface area contributed by atoms with Gasteiger partial charge >= 0.3 is 17.9 Å². The van der Waals surface area contributed by atoms with Crippen molar-refractivity contribution in [2.45, 2.75) is 156 Å². The lowest BCUT2D eigenvalue weighted by Crippen LogP contribution is -2.56. The minimum absolute atomic E-state index is 0.0513. The monoisotopic (exact) mass is 755 g/mol. The molecule has 1 amide bonds. The van der Waals surface area contributed by atoms with E-state index in [4.69, 9.17) is 18.9 Å². The average molecular weight is 756 g/mol. The van der Waals surface area contributed by atoms with Gasteiger partial charge in [-0.1, -0.05) is 75.7 Å². The molecule has 1 aromatic rings. The number of ether oxygens (including phenoxy) is 4. The van der Waals surface area contributed by atoms with Crippen LogP contribution in [0, 0.1) is 17.8 Å². The average Bonchev–Trinajstić information content (AvgIpc) is 3.10. The van der Waals surface area contributed by atoms with E-state index in [1.165, 1.54) is 32.3 Å². The van der Waals surface area contributed by atoms with Crippen LogP contribution in [0.5, 0.6) is 5.75 Å². The standard InChI is InChI=1S/C43H65NO10/c1-8-11-13-16-19-22-35(46)23-20-17-14-15-18-21-24-37(43(50,29-31-52-33(4)45)41(49)54-42(5,6)7)39(47)44-38(40(48)51-10-3)32-34-25-27-36(28-26-34)53-30-12-9-2/h21,24-28,37-38,50H,8,10-11,13-20,22-23,29-32H2,1-7H3,(H,44,47)/b24-21+/t37-,38+,43+/m1/s1. The van der Waals surface area contributed by atoms with E-state index < -0.39 is 53.4 Å². The van der Waals surface area contributed by atoms with Gasteiger partial charge in [-0.15, -0.1) is 5.92 Å². The number of ketones is 1. The van der Waals surface area contributed by atoms with Crippen LogP contribution in [0.25, 0.3) is 0 Å². The molecule has 0 fully saturated rings. The lowest BCUT2D eigenvalue weighted by molar-refractivity contribution is -0.186. The Morgan fingerprint density at radius 2 is 1.52 bits per heavy atom. The Hall–Kier alpha value is -4.17. The first-order chi connectivity index (χ1) is 25.7. The summed E-state index contributed by atoms with van der Waals surface area (Å²) in [7, 11) is 0. The number of hydrogen-bond donors (Lipinski definition) is 2. The number of esters is 3. The summed E-state index contributed by atoms with van der Waals surface area (Å²) in [6.45, 7) is 11.6. The largest absolute Gasteiger partial charge is 0.481 e. The van der Waals surface area contributed by atoms with Crippen LogP contribution >= 0.6 is 0 Å². The number of unbranched alkanes of at least 4 members (excludes halogenated alkanes) is 8. The van der Waals surface area contributed by atoms with Crippen molar-refractivity contribution >= 4 is 29.6 Å². The number of benzene rings is 1. The first-order valence-electron chi connectivity index (χ1n) is 19.5. The summed E-state index contributed by atoms with van der Waals surface area (Å²) in [5, 5.41) is 14.7. The minimum atomic E-state index is -2.46. The van der Waals surface area contributed by atoms with Crippen molar-refractivity contribution in [2.24, 2.45) is 5.92 Å². The summed E-state index contributed by atoms with van der Waals surface area (Å²) in [6.07, 6.45) is 13.4. The van der Waals surface area contributed by atoms with Crippen molar-refractivity contribution in [1.82, 2.24) is 5.32 Å². The van der Waals surface area contributed by atoms with E-state index in [0.29, 0.717) is 36.4 Å². The maximum absolute atomic E-state index is 14.2. The van der Waals surface area contributed by atoms with Crippen LogP contribution in [0.4, 0.5) is 0 Å². The van der Waals surface area contributed by atoms with Crippen molar-refractivity contribution in [2.75, 3.05) is 19.8 Å². The van der Waals surface area contributed by atoms with E-state index >= 15 is 0 Å². The second-order valence-electron chi connectivity index (χ2n) is 14.5. The molecule has 0 radical (unpaired) electrons. The van der Waals surface area contributed by atoms with E-state index in [-0.39, 0.29) is 26.2 Å². The van der Waals surface area contributed by atoms with Crippen LogP contribution in [0.15, 0.2) is 36.4 Å². The predicted molar refractivity (Wildman–Crippen MR) is 208 cm³/mol. The van der Waals surface area contributed by atoms with Crippen molar-refractivity contribution in [3.63, 3.8) is 0 Å². The van der Waals surface area contributed by atoms with Gasteiger partial charge in [0.05, 0.1) is 19.1 Å². The zero-order chi connectivity index (χ0) is 40.4. The number of carbonyl (C=O) groups excluding carboxylic acids is 5. The number of Topliss-reactive ketones (excluding diaryl/α,β-unsaturated/α-hetero) is 1. The molecule has 0 aliphatic rings. The van der Waals surface area contributed by atoms with E-state index in [1.807, 2.05) is 0 Å². The third-order valence-corrected chi connectivity index (χ3v) is 8.54. The topological polar surface area (TPSA) is 155 Å². The second kappa shape index (κ2) is 26.6. The Bertz CT molecular complexity index is 1390. The first-order valence-corrected chi connectivity index (χ1v) is 19.5. The summed E-state index contributed by atoms with van der Waals surface area (Å²) in [4.78, 5) is 64.8. The normalized spacial score (nSPS) is 13.5. The lowest BCUT2D eigenvalue weighted by atomic mass is 9.82. The van der Waals surface area contributed by atoms with E-state index in [2.05, 4.69) is 24.1 Å². The molecule has 0 saturated carbocycles. The molecule has 0 heterocycles. The summed E-state index contributed by atoms with van der Waals surface area (Å²) < 4.78 is 21.5. The lowest BCUT2D eigenvalue weighted by Gasteiger charge is -2.35. The van der Waals surface area contributed by atoms with Gasteiger partial charge in [0, 0.05) is 32.6 Å². The Kier molecular flexibility index (Phi) is 23.6. The molecule has 0 aliphatic carbocycles. The summed E-state index contributed by atoms with van der Waals surface area (Å²) >= 11 is 0. The number of rotatable bonds is 27. The Morgan fingerprint density at radius 1 is 0.889 bits per heavy atom. The Labute approximate surface area is 323 Å². The number of carbonyl (C=O) groups is 5. The number of nitrogens with one attached hydrogen (secondary N) is 1. The van der Waals surface area contributed by atoms with Crippen molar-refractivity contribution < 1.29 is 48.0 Å². The molecular formula is C43H65NO10. The van der Waals surface area contributed by atoms with Gasteiger partial charge in [-0.2, -0.15) is 0 Å². The molecular weight excluding hydrogens is 690 g/mol. The highest BCUT2D eigenvalue weighted by Crippen LogP contribution is 2.29. The zero-order valence-corrected chi connectivity index (χ0v) is 33.8. The van der Waals surface area contributed by atoms with Crippen LogP contribution in [-0.4, -0.2) is 71.8 Å². The van der Waals surface area contributed by atoms with Gasteiger partial charge in [0.25, 0.3) is 0 Å². The SMILES string of the molecule is CC#CCOc1ccc(C[C@H](NC(=O)[C@@H](/C=C/CCCCCCC(=O)CCCCCCC)[C@@](O)(CCOC(C)=O)C(=O)OC(C)(C)C)C(=O)OCC)cc1. The number of hydrogen-bond acceptors (Lipinski definition) is 10. The maximum atomic E-state index is 14.2. The fraction of sp³-hybridized carbons (Fsp3) is 0.651. The minimum Gasteiger partial charge on any atom is -0.481 e. The van der Waals surface area contributed by atoms with Gasteiger partial charge in [-0.05, 0) is 78.0 Å². The highest BCUT2D eigenvalue weighted by Gasteiger charge is 2.49. The molecule has 54 heavy (non-hydrogen) atoms. The van der Waals surface area contributed by atoms with Crippen LogP contribution in [0.1, 0.15) is 138 Å². The molecule has 1 aromatic carbocycles. The van der Waals surface area contributed by atoms with Crippen LogP contribution in [0.3, 0.4) is 0 Å². The Balaban J connectivity index is 3.21. The zero-order valence-electron chi connectivity index (χ0n) is 33.8. The van der Waals surface area contributed by atoms with Crippen molar-refractivity contribution in [1.29, 1.82) is 0 Å². The third-order valence-electron chi connectivity index (χ3n) is 8.54. The quantitative estimate of drug-likeness (QED) is 0.0311. The molecule has 3 atom stereocenters. The van der Waals surface area contributed by atoms with Crippen LogP contribution in [-0.2, 0) is 44.6 Å². The van der Waals surface area contributed by atoms with Gasteiger partial charge < -0.3 is 29.4 Å². The van der Waals surface area contributed by atoms with Crippen molar-refractivity contribution in [3.8, 4) is 17.6 Å². The fourth-order valence-corrected chi connectivity index (χ4v) is 5.63. The van der Waals surface area contributed by atoms with Gasteiger partial charge in [-0.25, -0.2) is 9.59 Å². The number of amides is 1. The van der Waals surface area contributed by atoms with E-state index in [1.54, 1.807) is 65.0 Å². The molecule has 0 saturated heterocycles. The number of aliphatic hydroxyl groups is 1. The highest BCUT2D eigenvalue weighted by atomic mass is 16.6.